The summed E-state index contributed by atoms with van der Waals surface area (Å²) in [4.78, 5) is 12.2. The van der Waals surface area contributed by atoms with Crippen molar-refractivity contribution in [3.8, 4) is 0 Å². The number of aromatic nitrogens is 3. The van der Waals surface area contributed by atoms with Gasteiger partial charge in [0.1, 0.15) is 5.82 Å². The van der Waals surface area contributed by atoms with Crippen LogP contribution >= 0.6 is 11.6 Å². The lowest BCUT2D eigenvalue weighted by Crippen LogP contribution is -2.16. The summed E-state index contributed by atoms with van der Waals surface area (Å²) in [5, 5.41) is 6.07. The molecule has 0 aliphatic carbocycles. The van der Waals surface area contributed by atoms with E-state index >= 15 is 0 Å². The van der Waals surface area contributed by atoms with E-state index in [-0.39, 0.29) is 23.1 Å². The Bertz CT molecular complexity index is 593. The Morgan fingerprint density at radius 3 is 2.70 bits per heavy atom. The fraction of sp³-hybridized carbons (Fsp3) is 0.308. The van der Waals surface area contributed by atoms with E-state index in [4.69, 9.17) is 11.6 Å². The van der Waals surface area contributed by atoms with Crippen LogP contribution in [0.15, 0.2) is 24.3 Å². The van der Waals surface area contributed by atoms with Crippen molar-refractivity contribution in [3.05, 3.63) is 35.4 Å². The van der Waals surface area contributed by atoms with Crippen LogP contribution in [0.25, 0.3) is 0 Å². The van der Waals surface area contributed by atoms with Crippen LogP contribution in [0.2, 0.25) is 5.28 Å². The Labute approximate surface area is 121 Å². The quantitative estimate of drug-likeness (QED) is 0.882. The molecule has 20 heavy (non-hydrogen) atoms. The van der Waals surface area contributed by atoms with Gasteiger partial charge >= 0.3 is 0 Å². The van der Waals surface area contributed by atoms with Gasteiger partial charge in [0, 0.05) is 11.7 Å². The maximum absolute atomic E-state index is 13.1. The fourth-order valence-electron chi connectivity index (χ4n) is 1.49. The van der Waals surface area contributed by atoms with E-state index in [2.05, 4.69) is 25.6 Å². The highest BCUT2D eigenvalue weighted by Gasteiger charge is 2.07. The normalized spacial score (nSPS) is 12.0. The van der Waals surface area contributed by atoms with Crippen LogP contribution in [0.1, 0.15) is 20.3 Å². The molecule has 1 aromatic carbocycles. The Balaban J connectivity index is 2.19. The van der Waals surface area contributed by atoms with Gasteiger partial charge in [-0.05, 0) is 43.1 Å². The lowest BCUT2D eigenvalue weighted by Gasteiger charge is -2.12. The number of nitrogens with one attached hydrogen (secondary N) is 2. The molecule has 0 radical (unpaired) electrons. The number of anilines is 3. The Morgan fingerprint density at radius 2 is 2.00 bits per heavy atom. The molecule has 1 atom stereocenters. The van der Waals surface area contributed by atoms with E-state index in [1.807, 2.05) is 13.8 Å². The predicted octanol–water partition coefficient (Wildman–Crippen LogP) is 3.62. The molecule has 1 unspecified atom stereocenters. The Kier molecular flexibility index (Phi) is 4.68. The minimum Gasteiger partial charge on any atom is -0.352 e. The molecule has 0 aliphatic heterocycles. The first-order chi connectivity index (χ1) is 9.56. The minimum atomic E-state index is -0.340. The third-order valence-electron chi connectivity index (χ3n) is 2.68. The highest BCUT2D eigenvalue weighted by atomic mass is 35.5. The molecule has 0 bridgehead atoms. The van der Waals surface area contributed by atoms with Crippen molar-refractivity contribution in [1.29, 1.82) is 0 Å². The van der Waals surface area contributed by atoms with Gasteiger partial charge in [0.2, 0.25) is 17.2 Å². The summed E-state index contributed by atoms with van der Waals surface area (Å²) in [6.45, 7) is 4.06. The zero-order valence-corrected chi connectivity index (χ0v) is 11.9. The first-order valence-electron chi connectivity index (χ1n) is 6.27. The number of hydrogen-bond donors (Lipinski definition) is 2. The largest absolute Gasteiger partial charge is 0.352 e. The van der Waals surface area contributed by atoms with E-state index in [0.29, 0.717) is 11.6 Å². The van der Waals surface area contributed by atoms with Crippen molar-refractivity contribution in [2.75, 3.05) is 10.6 Å². The van der Waals surface area contributed by atoms with Crippen molar-refractivity contribution in [1.82, 2.24) is 15.0 Å². The number of nitrogens with zero attached hydrogens (tertiary/aromatic N) is 3. The summed E-state index contributed by atoms with van der Waals surface area (Å²) in [5.74, 6) is 0.313. The van der Waals surface area contributed by atoms with Crippen LogP contribution < -0.4 is 10.6 Å². The van der Waals surface area contributed by atoms with Crippen LogP contribution in [0.3, 0.4) is 0 Å². The van der Waals surface area contributed by atoms with E-state index < -0.39 is 0 Å². The summed E-state index contributed by atoms with van der Waals surface area (Å²) in [7, 11) is 0. The topological polar surface area (TPSA) is 62.7 Å². The van der Waals surface area contributed by atoms with Crippen molar-refractivity contribution >= 4 is 29.2 Å². The lowest BCUT2D eigenvalue weighted by molar-refractivity contribution is 0.628. The maximum Gasteiger partial charge on any atom is 0.233 e. The summed E-state index contributed by atoms with van der Waals surface area (Å²) < 4.78 is 13.1. The van der Waals surface area contributed by atoms with Crippen LogP contribution in [-0.2, 0) is 0 Å². The van der Waals surface area contributed by atoms with Gasteiger partial charge in [-0.3, -0.25) is 0 Å². The van der Waals surface area contributed by atoms with Crippen LogP contribution in [0.4, 0.5) is 22.0 Å². The monoisotopic (exact) mass is 295 g/mol. The van der Waals surface area contributed by atoms with Gasteiger partial charge in [-0.2, -0.15) is 15.0 Å². The van der Waals surface area contributed by atoms with Gasteiger partial charge in [-0.15, -0.1) is 0 Å². The molecule has 0 saturated heterocycles. The molecule has 0 amide bonds. The zero-order valence-electron chi connectivity index (χ0n) is 11.2. The van der Waals surface area contributed by atoms with E-state index in [1.54, 1.807) is 12.1 Å². The summed E-state index contributed by atoms with van der Waals surface area (Å²) in [6.07, 6.45) is 0.927. The number of rotatable bonds is 5. The molecule has 106 valence electrons. The lowest BCUT2D eigenvalue weighted by atomic mass is 10.3. The van der Waals surface area contributed by atoms with Crippen molar-refractivity contribution < 1.29 is 4.39 Å². The molecule has 0 aliphatic rings. The van der Waals surface area contributed by atoms with Gasteiger partial charge in [-0.25, -0.2) is 4.39 Å². The maximum atomic E-state index is 13.1. The Hall–Kier alpha value is -1.95. The van der Waals surface area contributed by atoms with Gasteiger partial charge in [0.25, 0.3) is 0 Å². The molecule has 0 spiro atoms. The zero-order chi connectivity index (χ0) is 14.5. The predicted molar refractivity (Wildman–Crippen MR) is 77.9 cm³/mol. The van der Waals surface area contributed by atoms with Crippen LogP contribution in [0.5, 0.6) is 0 Å². The molecule has 2 aromatic rings. The fourth-order valence-corrected chi connectivity index (χ4v) is 1.65. The van der Waals surface area contributed by atoms with E-state index in [0.717, 1.165) is 6.42 Å². The van der Waals surface area contributed by atoms with Crippen LogP contribution in [0, 0.1) is 5.82 Å². The molecule has 5 nitrogen and oxygen atoms in total. The molecule has 1 heterocycles. The first-order valence-corrected chi connectivity index (χ1v) is 6.65. The molecule has 0 fully saturated rings. The smallest absolute Gasteiger partial charge is 0.233 e. The molecule has 2 N–H and O–H groups in total. The molecule has 0 saturated carbocycles. The summed E-state index contributed by atoms with van der Waals surface area (Å²) >= 11 is 5.86. The van der Waals surface area contributed by atoms with Crippen molar-refractivity contribution in [2.45, 2.75) is 26.3 Å². The average Bonchev–Trinajstić information content (AvgIpc) is 2.37. The Morgan fingerprint density at radius 1 is 1.25 bits per heavy atom. The average molecular weight is 296 g/mol. The molecule has 2 rings (SSSR count). The number of halogens is 2. The molecule has 7 heteroatoms. The van der Waals surface area contributed by atoms with E-state index in [9.17, 15) is 4.39 Å². The third kappa shape index (κ3) is 4.03. The third-order valence-corrected chi connectivity index (χ3v) is 2.85. The summed E-state index contributed by atoms with van der Waals surface area (Å²) in [5.41, 5.74) is 0.543. The highest BCUT2D eigenvalue weighted by Crippen LogP contribution is 2.17. The second kappa shape index (κ2) is 6.47. The van der Waals surface area contributed by atoms with Gasteiger partial charge in [-0.1, -0.05) is 13.0 Å². The van der Waals surface area contributed by atoms with Crippen LogP contribution in [-0.4, -0.2) is 21.0 Å². The minimum absolute atomic E-state index is 0.0738. The summed E-state index contributed by atoms with van der Waals surface area (Å²) in [6, 6.07) is 6.23. The van der Waals surface area contributed by atoms with Gasteiger partial charge in [0.05, 0.1) is 0 Å². The number of benzene rings is 1. The molecule has 1 aromatic heterocycles. The van der Waals surface area contributed by atoms with E-state index in [1.165, 1.54) is 12.1 Å². The van der Waals surface area contributed by atoms with Crippen molar-refractivity contribution in [2.24, 2.45) is 0 Å². The van der Waals surface area contributed by atoms with Gasteiger partial charge < -0.3 is 10.6 Å². The van der Waals surface area contributed by atoms with Crippen molar-refractivity contribution in [3.63, 3.8) is 0 Å². The first kappa shape index (κ1) is 14.5. The SMILES string of the molecule is CCC(C)Nc1nc(Cl)nc(Nc2cccc(F)c2)n1. The second-order valence-electron chi connectivity index (χ2n) is 4.34. The number of hydrogen-bond acceptors (Lipinski definition) is 5. The molecular weight excluding hydrogens is 281 g/mol. The molecular formula is C13H15ClFN5. The standard InChI is InChI=1S/C13H15ClFN5/c1-3-8(2)16-12-18-11(14)19-13(20-12)17-10-6-4-5-9(15)7-10/h4-8H,3H2,1-2H3,(H2,16,17,18,19,20). The highest BCUT2D eigenvalue weighted by molar-refractivity contribution is 6.28. The van der Waals surface area contributed by atoms with Gasteiger partial charge in [0.15, 0.2) is 0 Å². The second-order valence-corrected chi connectivity index (χ2v) is 4.68.